The first kappa shape index (κ1) is 12.6. The molecule has 0 aliphatic carbocycles. The second kappa shape index (κ2) is 7.48. The van der Waals surface area contributed by atoms with E-state index in [-0.39, 0.29) is 0 Å². The monoisotopic (exact) mass is 239 g/mol. The first-order valence-electron chi connectivity index (χ1n) is 6.36. The van der Waals surface area contributed by atoms with Crippen LogP contribution in [0.3, 0.4) is 0 Å². The maximum Gasteiger partial charge on any atom is 0.129 e. The van der Waals surface area contributed by atoms with Gasteiger partial charge in [0.2, 0.25) is 0 Å². The summed E-state index contributed by atoms with van der Waals surface area (Å²) in [5.41, 5.74) is 0. The van der Waals surface area contributed by atoms with Gasteiger partial charge < -0.3 is 19.2 Å². The van der Waals surface area contributed by atoms with Crippen molar-refractivity contribution in [1.82, 2.24) is 5.32 Å². The Morgan fingerprint density at radius 2 is 2.24 bits per heavy atom. The Kier molecular flexibility index (Phi) is 5.55. The Bertz CT molecular complexity index is 281. The largest absolute Gasteiger partial charge is 0.467 e. The number of rotatable bonds is 7. The number of furan rings is 1. The van der Waals surface area contributed by atoms with Gasteiger partial charge in [0.1, 0.15) is 12.4 Å². The summed E-state index contributed by atoms with van der Waals surface area (Å²) >= 11 is 0. The van der Waals surface area contributed by atoms with Gasteiger partial charge in [0.25, 0.3) is 0 Å². The zero-order chi connectivity index (χ0) is 11.8. The van der Waals surface area contributed by atoms with E-state index in [9.17, 15) is 0 Å². The average molecular weight is 239 g/mol. The minimum absolute atomic E-state index is 0.574. The fourth-order valence-electron chi connectivity index (χ4n) is 1.95. The molecule has 0 atom stereocenters. The molecule has 0 saturated carbocycles. The molecule has 0 spiro atoms. The number of hydrogen-bond donors (Lipinski definition) is 1. The molecule has 0 amide bonds. The fourth-order valence-corrected chi connectivity index (χ4v) is 1.95. The summed E-state index contributed by atoms with van der Waals surface area (Å²) in [6.45, 7) is 4.16. The predicted octanol–water partition coefficient (Wildman–Crippen LogP) is 1.95. The first-order chi connectivity index (χ1) is 8.45. The van der Waals surface area contributed by atoms with Crippen molar-refractivity contribution in [1.29, 1.82) is 0 Å². The normalized spacial score (nSPS) is 17.4. The highest BCUT2D eigenvalue weighted by Gasteiger charge is 2.11. The van der Waals surface area contributed by atoms with Gasteiger partial charge in [-0.3, -0.25) is 0 Å². The lowest BCUT2D eigenvalue weighted by molar-refractivity contribution is 0.0750. The molecule has 1 aromatic rings. The van der Waals surface area contributed by atoms with Crippen molar-refractivity contribution in [3.05, 3.63) is 24.2 Å². The van der Waals surface area contributed by atoms with E-state index in [1.807, 2.05) is 12.1 Å². The molecule has 1 N–H and O–H groups in total. The summed E-state index contributed by atoms with van der Waals surface area (Å²) in [7, 11) is 0. The van der Waals surface area contributed by atoms with E-state index in [0.717, 1.165) is 51.4 Å². The van der Waals surface area contributed by atoms with Crippen molar-refractivity contribution in [3.63, 3.8) is 0 Å². The highest BCUT2D eigenvalue weighted by molar-refractivity contribution is 4.95. The molecule has 1 fully saturated rings. The smallest absolute Gasteiger partial charge is 0.129 e. The van der Waals surface area contributed by atoms with Gasteiger partial charge in [-0.15, -0.1) is 0 Å². The van der Waals surface area contributed by atoms with Gasteiger partial charge >= 0.3 is 0 Å². The molecule has 0 aromatic carbocycles. The van der Waals surface area contributed by atoms with Crippen LogP contribution >= 0.6 is 0 Å². The highest BCUT2D eigenvalue weighted by atomic mass is 16.5. The van der Waals surface area contributed by atoms with Gasteiger partial charge in [0.15, 0.2) is 0 Å². The van der Waals surface area contributed by atoms with Crippen molar-refractivity contribution >= 4 is 0 Å². The van der Waals surface area contributed by atoms with Gasteiger partial charge in [0.05, 0.1) is 6.26 Å². The summed E-state index contributed by atoms with van der Waals surface area (Å²) in [6.07, 6.45) is 4.98. The minimum atomic E-state index is 0.574. The zero-order valence-electron chi connectivity index (χ0n) is 10.2. The number of nitrogens with one attached hydrogen (secondary N) is 1. The molecule has 1 saturated heterocycles. The average Bonchev–Trinajstić information content (AvgIpc) is 2.88. The fraction of sp³-hybridized carbons (Fsp3) is 0.692. The first-order valence-corrected chi connectivity index (χ1v) is 6.36. The summed E-state index contributed by atoms with van der Waals surface area (Å²) < 4.78 is 16.0. The molecule has 1 aromatic heterocycles. The van der Waals surface area contributed by atoms with Crippen molar-refractivity contribution in [2.24, 2.45) is 0 Å². The predicted molar refractivity (Wildman–Crippen MR) is 64.8 cm³/mol. The molecule has 4 heteroatoms. The van der Waals surface area contributed by atoms with Crippen LogP contribution in [0.5, 0.6) is 0 Å². The second-order valence-corrected chi connectivity index (χ2v) is 4.33. The van der Waals surface area contributed by atoms with Crippen LogP contribution in [-0.2, 0) is 16.1 Å². The van der Waals surface area contributed by atoms with Crippen LogP contribution in [0.4, 0.5) is 0 Å². The Balaban J connectivity index is 1.43. The van der Waals surface area contributed by atoms with E-state index in [1.165, 1.54) is 0 Å². The van der Waals surface area contributed by atoms with Gasteiger partial charge in [-0.1, -0.05) is 0 Å². The third-order valence-electron chi connectivity index (χ3n) is 2.94. The van der Waals surface area contributed by atoms with Crippen LogP contribution in [0, 0.1) is 0 Å². The molecule has 17 heavy (non-hydrogen) atoms. The van der Waals surface area contributed by atoms with Crippen LogP contribution in [0.15, 0.2) is 22.8 Å². The molecule has 0 unspecified atom stereocenters. The summed E-state index contributed by atoms with van der Waals surface area (Å²) in [4.78, 5) is 0. The van der Waals surface area contributed by atoms with Crippen LogP contribution in [-0.4, -0.2) is 32.4 Å². The Morgan fingerprint density at radius 1 is 1.35 bits per heavy atom. The lowest BCUT2D eigenvalue weighted by Gasteiger charge is -2.23. The van der Waals surface area contributed by atoms with Gasteiger partial charge in [-0.2, -0.15) is 0 Å². The van der Waals surface area contributed by atoms with E-state index in [2.05, 4.69) is 5.32 Å². The van der Waals surface area contributed by atoms with Crippen molar-refractivity contribution in [2.45, 2.75) is 31.9 Å². The van der Waals surface area contributed by atoms with Crippen molar-refractivity contribution in [2.75, 3.05) is 26.4 Å². The lowest BCUT2D eigenvalue weighted by Crippen LogP contribution is -2.35. The molecule has 0 bridgehead atoms. The van der Waals surface area contributed by atoms with E-state index in [1.54, 1.807) is 6.26 Å². The van der Waals surface area contributed by atoms with Crippen LogP contribution in [0.2, 0.25) is 0 Å². The maximum atomic E-state index is 5.51. The Hall–Kier alpha value is -0.840. The summed E-state index contributed by atoms with van der Waals surface area (Å²) in [5.74, 6) is 0.891. The zero-order valence-corrected chi connectivity index (χ0v) is 10.2. The summed E-state index contributed by atoms with van der Waals surface area (Å²) in [6, 6.07) is 4.44. The van der Waals surface area contributed by atoms with E-state index < -0.39 is 0 Å². The molecule has 2 rings (SSSR count). The third kappa shape index (κ3) is 4.89. The van der Waals surface area contributed by atoms with Gasteiger partial charge in [-0.25, -0.2) is 0 Å². The van der Waals surface area contributed by atoms with E-state index >= 15 is 0 Å². The second-order valence-electron chi connectivity index (χ2n) is 4.33. The lowest BCUT2D eigenvalue weighted by atomic mass is 10.1. The SMILES string of the molecule is c1coc(COCCCNC2CCOCC2)c1. The van der Waals surface area contributed by atoms with E-state index in [4.69, 9.17) is 13.9 Å². The van der Waals surface area contributed by atoms with Crippen LogP contribution in [0.25, 0.3) is 0 Å². The standard InChI is InChI=1S/C13H21NO3/c1-3-13(17-8-1)11-16-7-2-6-14-12-4-9-15-10-5-12/h1,3,8,12,14H,2,4-7,9-11H2. The number of hydrogen-bond acceptors (Lipinski definition) is 4. The molecule has 1 aliphatic heterocycles. The van der Waals surface area contributed by atoms with Crippen LogP contribution in [0.1, 0.15) is 25.0 Å². The number of ether oxygens (including phenoxy) is 2. The van der Waals surface area contributed by atoms with Crippen LogP contribution < -0.4 is 5.32 Å². The molecular formula is C13H21NO3. The third-order valence-corrected chi connectivity index (χ3v) is 2.94. The molecule has 4 nitrogen and oxygen atoms in total. The van der Waals surface area contributed by atoms with Crippen molar-refractivity contribution in [3.8, 4) is 0 Å². The summed E-state index contributed by atoms with van der Waals surface area (Å²) in [5, 5.41) is 3.53. The Labute approximate surface area is 102 Å². The minimum Gasteiger partial charge on any atom is -0.467 e. The van der Waals surface area contributed by atoms with Gasteiger partial charge in [-0.05, 0) is 37.9 Å². The Morgan fingerprint density at radius 3 is 3.00 bits per heavy atom. The topological polar surface area (TPSA) is 43.6 Å². The molecule has 0 radical (unpaired) electrons. The molecule has 2 heterocycles. The highest BCUT2D eigenvalue weighted by Crippen LogP contribution is 2.06. The molecular weight excluding hydrogens is 218 g/mol. The van der Waals surface area contributed by atoms with E-state index in [0.29, 0.717) is 12.6 Å². The molecule has 96 valence electrons. The quantitative estimate of drug-likeness (QED) is 0.739. The van der Waals surface area contributed by atoms with Gasteiger partial charge in [0, 0.05) is 25.9 Å². The maximum absolute atomic E-state index is 5.51. The van der Waals surface area contributed by atoms with Crippen molar-refractivity contribution < 1.29 is 13.9 Å². The molecule has 1 aliphatic rings.